The molecule has 0 bridgehead atoms. The van der Waals surface area contributed by atoms with E-state index in [4.69, 9.17) is 30.2 Å². The number of hydrogen-bond acceptors (Lipinski definition) is 7. The van der Waals surface area contributed by atoms with Crippen LogP contribution in [0.5, 0.6) is 11.5 Å². The van der Waals surface area contributed by atoms with Crippen LogP contribution in [0.15, 0.2) is 138 Å². The first-order valence-corrected chi connectivity index (χ1v) is 18.8. The molecule has 4 unspecified atom stereocenters. The highest BCUT2D eigenvalue weighted by molar-refractivity contribution is 6.30. The van der Waals surface area contributed by atoms with Crippen LogP contribution in [-0.4, -0.2) is 11.9 Å². The smallest absolute Gasteiger partial charge is 0.315 e. The second kappa shape index (κ2) is 18.6. The fourth-order valence-corrected chi connectivity index (χ4v) is 6.75. The predicted octanol–water partition coefficient (Wildman–Crippen LogP) is 11.8. The molecular weight excluding hydrogens is 710 g/mol. The van der Waals surface area contributed by atoms with Crippen molar-refractivity contribution in [2.45, 2.75) is 66.6 Å². The summed E-state index contributed by atoms with van der Waals surface area (Å²) in [7, 11) is 0. The van der Waals surface area contributed by atoms with Crippen molar-refractivity contribution in [2.24, 2.45) is 23.2 Å². The summed E-state index contributed by atoms with van der Waals surface area (Å²) in [6.07, 6.45) is 3.57. The average molecular weight is 758 g/mol. The van der Waals surface area contributed by atoms with Crippen molar-refractivity contribution in [3.8, 4) is 17.6 Å². The third kappa shape index (κ3) is 11.2. The zero-order valence-corrected chi connectivity index (χ0v) is 33.0. The lowest BCUT2D eigenvalue weighted by Crippen LogP contribution is -2.22. The number of rotatable bonds is 13. The van der Waals surface area contributed by atoms with Crippen molar-refractivity contribution in [2.75, 3.05) is 0 Å². The zero-order chi connectivity index (χ0) is 39.5. The summed E-state index contributed by atoms with van der Waals surface area (Å²) in [4.78, 5) is 25.4. The molecular formula is C47H48ClNO6. The summed E-state index contributed by atoms with van der Waals surface area (Å²) in [5.74, 6) is 1.29. The molecule has 55 heavy (non-hydrogen) atoms. The summed E-state index contributed by atoms with van der Waals surface area (Å²) < 4.78 is 22.6. The summed E-state index contributed by atoms with van der Waals surface area (Å²) in [5, 5.41) is 10.2. The quantitative estimate of drug-likeness (QED) is 0.0871. The number of esters is 2. The van der Waals surface area contributed by atoms with Crippen molar-refractivity contribution < 1.29 is 28.2 Å². The third-order valence-electron chi connectivity index (χ3n) is 9.63. The van der Waals surface area contributed by atoms with Crippen LogP contribution in [0.4, 0.5) is 0 Å². The minimum absolute atomic E-state index is 0.00855. The summed E-state index contributed by atoms with van der Waals surface area (Å²) >= 11 is 5.96. The molecule has 284 valence electrons. The van der Waals surface area contributed by atoms with Crippen LogP contribution in [0, 0.1) is 34.5 Å². The molecule has 0 saturated heterocycles. The maximum Gasteiger partial charge on any atom is 0.315 e. The largest absolute Gasteiger partial charge is 0.469 e. The molecule has 1 aromatic heterocycles. The van der Waals surface area contributed by atoms with Gasteiger partial charge in [-0.2, -0.15) is 5.26 Å². The molecule has 4 atom stereocenters. The van der Waals surface area contributed by atoms with E-state index in [1.807, 2.05) is 80.6 Å². The number of carbonyl (C=O) groups excluding carboxylic acids is 2. The van der Waals surface area contributed by atoms with Crippen molar-refractivity contribution in [1.29, 1.82) is 5.26 Å². The third-order valence-corrected chi connectivity index (χ3v) is 9.88. The first kappa shape index (κ1) is 40.6. The molecule has 1 heterocycles. The Balaban J connectivity index is 0.000000214. The maximum atomic E-state index is 13.0. The molecule has 1 fully saturated rings. The molecule has 1 saturated carbocycles. The highest BCUT2D eigenvalue weighted by atomic mass is 35.5. The molecule has 1 aliphatic rings. The molecule has 0 aliphatic heterocycles. The number of benzene rings is 4. The fraction of sp³-hybridized carbons (Fsp3) is 0.298. The van der Waals surface area contributed by atoms with Crippen LogP contribution < -0.4 is 4.74 Å². The van der Waals surface area contributed by atoms with Gasteiger partial charge in [-0.15, -0.1) is 0 Å². The highest BCUT2D eigenvalue weighted by Gasteiger charge is 2.61. The predicted molar refractivity (Wildman–Crippen MR) is 214 cm³/mol. The number of carbonyl (C=O) groups is 2. The lowest BCUT2D eigenvalue weighted by molar-refractivity contribution is -0.150. The normalized spacial score (nSPS) is 16.3. The van der Waals surface area contributed by atoms with Gasteiger partial charge in [0, 0.05) is 22.6 Å². The van der Waals surface area contributed by atoms with E-state index in [-0.39, 0.29) is 35.7 Å². The van der Waals surface area contributed by atoms with Gasteiger partial charge in [0.25, 0.3) is 0 Å². The second-order valence-electron chi connectivity index (χ2n) is 15.0. The minimum atomic E-state index is -1.04. The number of furan rings is 1. The van der Waals surface area contributed by atoms with Gasteiger partial charge in [-0.1, -0.05) is 124 Å². The molecule has 1 aliphatic carbocycles. The molecule has 6 rings (SSSR count). The van der Waals surface area contributed by atoms with E-state index in [0.29, 0.717) is 22.1 Å². The van der Waals surface area contributed by atoms with E-state index in [2.05, 4.69) is 52.0 Å². The standard InChI is InChI=1S/C25H22ClNO3.C22H26O3/c1-17(2)24(18-11-13-20(26)14-12-18)25(28)30-23(16-27)19-7-6-10-22(15-19)29-21-8-4-3-5-9-21;1-15(2)10-19-20(22(19,3)4)21(23)25-14-17-12-18(24-13-17)11-16-8-6-5-7-9-16/h3-15,17,23-24H,1-2H3;5-10,12-13,19-20H,11,14H2,1-4H3. The van der Waals surface area contributed by atoms with E-state index in [1.165, 1.54) is 11.1 Å². The topological polar surface area (TPSA) is 98.8 Å². The Bertz CT molecular complexity index is 2090. The van der Waals surface area contributed by atoms with Gasteiger partial charge < -0.3 is 18.6 Å². The summed E-state index contributed by atoms with van der Waals surface area (Å²) in [6.45, 7) is 12.5. The van der Waals surface area contributed by atoms with Crippen LogP contribution in [0.3, 0.4) is 0 Å². The van der Waals surface area contributed by atoms with Crippen LogP contribution >= 0.6 is 11.6 Å². The molecule has 8 heteroatoms. The number of hydrogen-bond donors (Lipinski definition) is 0. The van der Waals surface area contributed by atoms with Gasteiger partial charge in [0.1, 0.15) is 29.9 Å². The number of para-hydroxylation sites is 1. The van der Waals surface area contributed by atoms with Gasteiger partial charge in [0.15, 0.2) is 0 Å². The monoisotopic (exact) mass is 757 g/mol. The Kier molecular flexibility index (Phi) is 13.8. The average Bonchev–Trinajstić information content (AvgIpc) is 3.43. The number of nitriles is 1. The van der Waals surface area contributed by atoms with Crippen LogP contribution in [-0.2, 0) is 32.1 Å². The molecule has 0 N–H and O–H groups in total. The Morgan fingerprint density at radius 3 is 2.15 bits per heavy atom. The molecule has 5 aromatic rings. The SMILES string of the molecule is CC(C)=CC1C(C(=O)OCc2coc(Cc3ccccc3)c2)C1(C)C.CC(C)C(C(=O)OC(C#N)c1cccc(Oc2ccccc2)c1)c1ccc(Cl)cc1. The van der Waals surface area contributed by atoms with Crippen LogP contribution in [0.25, 0.3) is 0 Å². The van der Waals surface area contributed by atoms with Gasteiger partial charge in [-0.3, -0.25) is 9.59 Å². The summed E-state index contributed by atoms with van der Waals surface area (Å²) in [5.41, 5.74) is 4.69. The van der Waals surface area contributed by atoms with E-state index < -0.39 is 18.0 Å². The van der Waals surface area contributed by atoms with Crippen LogP contribution in [0.2, 0.25) is 5.02 Å². The van der Waals surface area contributed by atoms with E-state index in [9.17, 15) is 14.9 Å². The molecule has 0 spiro atoms. The van der Waals surface area contributed by atoms with Gasteiger partial charge in [-0.05, 0) is 84.7 Å². The minimum Gasteiger partial charge on any atom is -0.469 e. The Hall–Kier alpha value is -5.58. The van der Waals surface area contributed by atoms with Gasteiger partial charge in [0.2, 0.25) is 6.10 Å². The lowest BCUT2D eigenvalue weighted by Gasteiger charge is -2.22. The first-order chi connectivity index (χ1) is 26.3. The Morgan fingerprint density at radius 2 is 1.51 bits per heavy atom. The first-order valence-electron chi connectivity index (χ1n) is 18.5. The van der Waals surface area contributed by atoms with Gasteiger partial charge >= 0.3 is 11.9 Å². The molecule has 0 amide bonds. The van der Waals surface area contributed by atoms with Crippen molar-refractivity contribution >= 4 is 23.5 Å². The number of ether oxygens (including phenoxy) is 3. The molecule has 7 nitrogen and oxygen atoms in total. The number of nitrogens with zero attached hydrogens (tertiary/aromatic N) is 1. The van der Waals surface area contributed by atoms with E-state index in [1.54, 1.807) is 42.7 Å². The second-order valence-corrected chi connectivity index (χ2v) is 15.4. The van der Waals surface area contributed by atoms with Gasteiger partial charge in [-0.25, -0.2) is 0 Å². The Labute approximate surface area is 329 Å². The number of allylic oxidation sites excluding steroid dienone is 2. The van der Waals surface area contributed by atoms with E-state index in [0.717, 1.165) is 23.3 Å². The highest BCUT2D eigenvalue weighted by Crippen LogP contribution is 2.59. The fourth-order valence-electron chi connectivity index (χ4n) is 6.62. The van der Waals surface area contributed by atoms with Gasteiger partial charge in [0.05, 0.1) is 18.1 Å². The molecule has 4 aromatic carbocycles. The van der Waals surface area contributed by atoms with Crippen molar-refractivity contribution in [3.63, 3.8) is 0 Å². The van der Waals surface area contributed by atoms with Crippen molar-refractivity contribution in [3.05, 3.63) is 166 Å². The maximum absolute atomic E-state index is 13.0. The van der Waals surface area contributed by atoms with Crippen LogP contribution in [0.1, 0.15) is 81.6 Å². The zero-order valence-electron chi connectivity index (χ0n) is 32.2. The van der Waals surface area contributed by atoms with E-state index >= 15 is 0 Å². The number of halogens is 1. The Morgan fingerprint density at radius 1 is 0.855 bits per heavy atom. The van der Waals surface area contributed by atoms with Crippen molar-refractivity contribution in [1.82, 2.24) is 0 Å². The summed E-state index contributed by atoms with van der Waals surface area (Å²) in [6, 6.07) is 37.7. The lowest BCUT2D eigenvalue weighted by atomic mass is 9.88. The molecule has 0 radical (unpaired) electrons.